The van der Waals surface area contributed by atoms with Crippen LogP contribution in [0.1, 0.15) is 37.0 Å². The Labute approximate surface area is 152 Å². The van der Waals surface area contributed by atoms with Crippen molar-refractivity contribution in [3.63, 3.8) is 0 Å². The molecule has 0 radical (unpaired) electrons. The van der Waals surface area contributed by atoms with Crippen molar-refractivity contribution in [1.82, 2.24) is 14.6 Å². The molecule has 0 aliphatic rings. The zero-order valence-electron chi connectivity index (χ0n) is 15.5. The molecule has 0 unspecified atom stereocenters. The fourth-order valence-electron chi connectivity index (χ4n) is 2.47. The largest absolute Gasteiger partial charge is 0.493 e. The van der Waals surface area contributed by atoms with Crippen LogP contribution >= 0.6 is 0 Å². The highest BCUT2D eigenvalue weighted by Crippen LogP contribution is 2.30. The van der Waals surface area contributed by atoms with Crippen LogP contribution in [0.3, 0.4) is 0 Å². The lowest BCUT2D eigenvalue weighted by molar-refractivity contribution is 0.102. The molecule has 0 fully saturated rings. The molecule has 7 nitrogen and oxygen atoms in total. The minimum Gasteiger partial charge on any atom is -0.493 e. The molecule has 1 aromatic carbocycles. The monoisotopic (exact) mass is 354 g/mol. The molecule has 0 spiro atoms. The molecular weight excluding hydrogens is 332 g/mol. The molecule has 26 heavy (non-hydrogen) atoms. The van der Waals surface area contributed by atoms with E-state index in [1.165, 1.54) is 0 Å². The number of nitrogens with one attached hydrogen (secondary N) is 1. The molecule has 7 heteroatoms. The van der Waals surface area contributed by atoms with Gasteiger partial charge in [0, 0.05) is 17.2 Å². The molecule has 0 aliphatic heterocycles. The van der Waals surface area contributed by atoms with Crippen LogP contribution in [0.5, 0.6) is 11.5 Å². The Kier molecular flexibility index (Phi) is 4.54. The Morgan fingerprint density at radius 2 is 1.81 bits per heavy atom. The van der Waals surface area contributed by atoms with E-state index in [0.29, 0.717) is 28.5 Å². The molecule has 2 aromatic heterocycles. The van der Waals surface area contributed by atoms with Gasteiger partial charge in [0.2, 0.25) is 0 Å². The minimum absolute atomic E-state index is 0.0875. The molecule has 3 aromatic rings. The third-order valence-electron chi connectivity index (χ3n) is 3.96. The van der Waals surface area contributed by atoms with Crippen molar-refractivity contribution in [2.75, 3.05) is 19.5 Å². The fourth-order valence-corrected chi connectivity index (χ4v) is 2.47. The summed E-state index contributed by atoms with van der Waals surface area (Å²) in [5, 5.41) is 7.18. The average molecular weight is 354 g/mol. The smallest absolute Gasteiger partial charge is 0.276 e. The molecule has 0 atom stereocenters. The van der Waals surface area contributed by atoms with Gasteiger partial charge < -0.3 is 14.8 Å². The van der Waals surface area contributed by atoms with Gasteiger partial charge in [-0.2, -0.15) is 5.10 Å². The molecule has 0 saturated heterocycles. The third kappa shape index (κ3) is 3.46. The first kappa shape index (κ1) is 17.7. The molecular formula is C19H22N4O3. The number of aromatic nitrogens is 3. The van der Waals surface area contributed by atoms with E-state index in [1.807, 2.05) is 6.20 Å². The molecule has 2 heterocycles. The zero-order valence-corrected chi connectivity index (χ0v) is 15.5. The molecule has 136 valence electrons. The number of amides is 1. The van der Waals surface area contributed by atoms with Crippen molar-refractivity contribution in [1.29, 1.82) is 0 Å². The van der Waals surface area contributed by atoms with Gasteiger partial charge in [-0.1, -0.05) is 20.8 Å². The second-order valence-electron chi connectivity index (χ2n) is 6.92. The third-order valence-corrected chi connectivity index (χ3v) is 3.96. The molecule has 1 amide bonds. The van der Waals surface area contributed by atoms with Crippen molar-refractivity contribution in [2.45, 2.75) is 26.2 Å². The number of fused-ring (bicyclic) bond motifs is 1. The van der Waals surface area contributed by atoms with Gasteiger partial charge in [0.25, 0.3) is 5.91 Å². The van der Waals surface area contributed by atoms with E-state index in [1.54, 1.807) is 49.1 Å². The highest BCUT2D eigenvalue weighted by Gasteiger charge is 2.19. The van der Waals surface area contributed by atoms with E-state index in [2.05, 4.69) is 36.2 Å². The van der Waals surface area contributed by atoms with Crippen molar-refractivity contribution >= 4 is 17.2 Å². The summed E-state index contributed by atoms with van der Waals surface area (Å²) in [5.74, 6) is 0.821. The first-order valence-corrected chi connectivity index (χ1v) is 8.22. The lowest BCUT2D eigenvalue weighted by atomic mass is 9.93. The highest BCUT2D eigenvalue weighted by molar-refractivity contribution is 6.03. The van der Waals surface area contributed by atoms with Crippen LogP contribution in [0.4, 0.5) is 5.69 Å². The van der Waals surface area contributed by atoms with E-state index in [0.717, 1.165) is 5.69 Å². The van der Waals surface area contributed by atoms with Crippen LogP contribution in [0, 0.1) is 0 Å². The number of methoxy groups -OCH3 is 2. The number of benzene rings is 1. The van der Waals surface area contributed by atoms with Crippen LogP contribution in [0.25, 0.3) is 5.65 Å². The summed E-state index contributed by atoms with van der Waals surface area (Å²) >= 11 is 0. The van der Waals surface area contributed by atoms with Crippen molar-refractivity contribution < 1.29 is 14.3 Å². The molecule has 0 aliphatic carbocycles. The first-order valence-electron chi connectivity index (χ1n) is 8.22. The number of anilines is 1. The number of rotatable bonds is 4. The molecule has 0 bridgehead atoms. The number of hydrogen-bond acceptors (Lipinski definition) is 5. The Hall–Kier alpha value is -3.09. The van der Waals surface area contributed by atoms with Crippen LogP contribution in [0.15, 0.2) is 36.5 Å². The van der Waals surface area contributed by atoms with Gasteiger partial charge in [-0.15, -0.1) is 0 Å². The number of hydrogen-bond donors (Lipinski definition) is 1. The summed E-state index contributed by atoms with van der Waals surface area (Å²) in [5.41, 5.74) is 2.43. The maximum Gasteiger partial charge on any atom is 0.276 e. The maximum atomic E-state index is 12.5. The second-order valence-corrected chi connectivity index (χ2v) is 6.92. The molecule has 3 rings (SSSR count). The summed E-state index contributed by atoms with van der Waals surface area (Å²) in [6.07, 6.45) is 1.85. The van der Waals surface area contributed by atoms with E-state index >= 15 is 0 Å². The van der Waals surface area contributed by atoms with Crippen molar-refractivity contribution in [3.05, 3.63) is 47.9 Å². The topological polar surface area (TPSA) is 77.8 Å². The standard InChI is InChI=1S/C19H22N4O3/c1-19(2,3)16-11-23-17(21-16)9-7-13(22-23)18(24)20-12-6-8-14(25-4)15(10-12)26-5/h6-11H,1-5H3,(H,20,24). The van der Waals surface area contributed by atoms with E-state index in [9.17, 15) is 4.79 Å². The first-order chi connectivity index (χ1) is 12.3. The van der Waals surface area contributed by atoms with Gasteiger partial charge in [0.1, 0.15) is 5.69 Å². The minimum atomic E-state index is -0.315. The predicted molar refractivity (Wildman–Crippen MR) is 99.2 cm³/mol. The van der Waals surface area contributed by atoms with Crippen molar-refractivity contribution in [2.24, 2.45) is 0 Å². The Balaban J connectivity index is 1.86. The van der Waals surface area contributed by atoms with E-state index in [4.69, 9.17) is 9.47 Å². The molecule has 0 saturated carbocycles. The Morgan fingerprint density at radius 1 is 1.08 bits per heavy atom. The summed E-state index contributed by atoms with van der Waals surface area (Å²) in [7, 11) is 3.11. The van der Waals surface area contributed by atoms with Crippen LogP contribution in [0.2, 0.25) is 0 Å². The fraction of sp³-hybridized carbons (Fsp3) is 0.316. The normalized spacial score (nSPS) is 11.4. The zero-order chi connectivity index (χ0) is 18.9. The average Bonchev–Trinajstić information content (AvgIpc) is 3.05. The predicted octanol–water partition coefficient (Wildman–Crippen LogP) is 3.30. The van der Waals surface area contributed by atoms with E-state index in [-0.39, 0.29) is 11.3 Å². The lowest BCUT2D eigenvalue weighted by Gasteiger charge is -2.13. The summed E-state index contributed by atoms with van der Waals surface area (Å²) in [4.78, 5) is 17.1. The van der Waals surface area contributed by atoms with Gasteiger partial charge in [0.05, 0.1) is 26.1 Å². The van der Waals surface area contributed by atoms with Crippen LogP contribution < -0.4 is 14.8 Å². The maximum absolute atomic E-state index is 12.5. The van der Waals surface area contributed by atoms with Gasteiger partial charge >= 0.3 is 0 Å². The summed E-state index contributed by atoms with van der Waals surface area (Å²) in [6.45, 7) is 6.25. The molecule has 1 N–H and O–H groups in total. The summed E-state index contributed by atoms with van der Waals surface area (Å²) in [6, 6.07) is 8.62. The Morgan fingerprint density at radius 3 is 2.46 bits per heavy atom. The van der Waals surface area contributed by atoms with Gasteiger partial charge in [-0.25, -0.2) is 9.50 Å². The van der Waals surface area contributed by atoms with Crippen LogP contribution in [-0.2, 0) is 5.41 Å². The lowest BCUT2D eigenvalue weighted by Crippen LogP contribution is -2.15. The van der Waals surface area contributed by atoms with Crippen molar-refractivity contribution in [3.8, 4) is 11.5 Å². The second kappa shape index (κ2) is 6.67. The Bertz CT molecular complexity index is 957. The summed E-state index contributed by atoms with van der Waals surface area (Å²) < 4.78 is 12.1. The highest BCUT2D eigenvalue weighted by atomic mass is 16.5. The number of ether oxygens (including phenoxy) is 2. The quantitative estimate of drug-likeness (QED) is 0.778. The van der Waals surface area contributed by atoms with Gasteiger partial charge in [0.15, 0.2) is 17.1 Å². The van der Waals surface area contributed by atoms with Gasteiger partial charge in [-0.3, -0.25) is 4.79 Å². The SMILES string of the molecule is COc1ccc(NC(=O)c2ccc3nc(C(C)(C)C)cn3n2)cc1OC. The number of nitrogens with zero attached hydrogens (tertiary/aromatic N) is 3. The number of carbonyl (C=O) groups excluding carboxylic acids is 1. The van der Waals surface area contributed by atoms with Crippen LogP contribution in [-0.4, -0.2) is 34.7 Å². The number of carbonyl (C=O) groups is 1. The van der Waals surface area contributed by atoms with Gasteiger partial charge in [-0.05, 0) is 24.3 Å². The van der Waals surface area contributed by atoms with E-state index < -0.39 is 0 Å². The number of imidazole rings is 1.